The van der Waals surface area contributed by atoms with Gasteiger partial charge >= 0.3 is 7.82 Å². The van der Waals surface area contributed by atoms with Crippen LogP contribution in [0.5, 0.6) is 0 Å². The molecule has 0 radical (unpaired) electrons. The minimum atomic E-state index is -5.16. The molecule has 0 aromatic rings. The Hall–Kier alpha value is -1.09. The molecule has 34 nitrogen and oxygen atoms in total. The van der Waals surface area contributed by atoms with E-state index in [1.54, 1.807) is 0 Å². The summed E-state index contributed by atoms with van der Waals surface area (Å²) in [6.45, 7) is -3.96. The van der Waals surface area contributed by atoms with E-state index >= 15 is 0 Å². The van der Waals surface area contributed by atoms with Crippen LogP contribution in [0.4, 0.5) is 0 Å². The first-order valence-electron chi connectivity index (χ1n) is 22.3. The van der Waals surface area contributed by atoms with Crippen LogP contribution in [0.3, 0.4) is 0 Å². The van der Waals surface area contributed by atoms with Gasteiger partial charge in [0.25, 0.3) is 0 Å². The lowest BCUT2D eigenvalue weighted by atomic mass is 9.94. The summed E-state index contributed by atoms with van der Waals surface area (Å²) in [7, 11) is -5.16. The van der Waals surface area contributed by atoms with Crippen LogP contribution in [-0.2, 0) is 66.1 Å². The molecule has 6 rings (SSSR count). The van der Waals surface area contributed by atoms with Crippen molar-refractivity contribution in [2.45, 2.75) is 191 Å². The predicted octanol–water partition coefficient (Wildman–Crippen LogP) is -12.4. The van der Waals surface area contributed by atoms with Gasteiger partial charge in [-0.05, 0) is 6.92 Å². The predicted molar refractivity (Wildman–Crippen MR) is 215 cm³/mol. The molecule has 0 bridgehead atoms. The van der Waals surface area contributed by atoms with Gasteiger partial charge in [0.1, 0.15) is 153 Å². The monoisotopic (exact) mass is 1080 g/mol. The van der Waals surface area contributed by atoms with Gasteiger partial charge in [-0.1, -0.05) is 0 Å². The van der Waals surface area contributed by atoms with Crippen molar-refractivity contribution in [3.8, 4) is 0 Å². The fourth-order valence-corrected chi connectivity index (χ4v) is 9.02. The van der Waals surface area contributed by atoms with Gasteiger partial charge in [0.2, 0.25) is 0 Å². The third-order valence-electron chi connectivity index (χ3n) is 12.9. The zero-order valence-corrected chi connectivity index (χ0v) is 38.6. The van der Waals surface area contributed by atoms with Gasteiger partial charge in [0.05, 0.1) is 39.1 Å². The minimum Gasteiger partial charge on any atom is -0.394 e. The van der Waals surface area contributed by atoms with Crippen LogP contribution in [0.1, 0.15) is 6.92 Å². The van der Waals surface area contributed by atoms with Crippen LogP contribution in [0, 0.1) is 0 Å². The van der Waals surface area contributed by atoms with Crippen molar-refractivity contribution in [1.82, 2.24) is 0 Å². The Morgan fingerprint density at radius 1 is 0.375 bits per heavy atom. The van der Waals surface area contributed by atoms with E-state index < -0.39 is 232 Å². The van der Waals surface area contributed by atoms with Gasteiger partial charge in [0, 0.05) is 0 Å². The minimum absolute atomic E-state index is 0.732. The maximum atomic E-state index is 11.5. The summed E-state index contributed by atoms with van der Waals surface area (Å²) in [5, 5.41) is 190. The zero-order chi connectivity index (χ0) is 53.3. The Labute approximate surface area is 406 Å². The molecular weight excluding hydrogens is 1020 g/mol. The second-order valence-electron chi connectivity index (χ2n) is 17.9. The summed E-state index contributed by atoms with van der Waals surface area (Å²) >= 11 is 0. The van der Waals surface area contributed by atoms with Crippen LogP contribution in [0.25, 0.3) is 0 Å². The summed E-state index contributed by atoms with van der Waals surface area (Å²) in [5.74, 6) is 0. The number of phosphoric ester groups is 1. The lowest BCUT2D eigenvalue weighted by molar-refractivity contribution is -0.383. The fourth-order valence-electron chi connectivity index (χ4n) is 8.68. The van der Waals surface area contributed by atoms with Crippen molar-refractivity contribution in [1.29, 1.82) is 0 Å². The summed E-state index contributed by atoms with van der Waals surface area (Å²) in [6.07, 6.45) is -56.3. The van der Waals surface area contributed by atoms with Gasteiger partial charge < -0.3 is 149 Å². The topological polar surface area (TPSA) is 542 Å². The maximum Gasteiger partial charge on any atom is 0.469 e. The molecule has 422 valence electrons. The van der Waals surface area contributed by atoms with E-state index in [1.807, 2.05) is 0 Å². The van der Waals surface area contributed by atoms with Gasteiger partial charge in [-0.15, -0.1) is 0 Å². The Morgan fingerprint density at radius 2 is 0.736 bits per heavy atom. The van der Waals surface area contributed by atoms with Crippen LogP contribution in [-0.4, -0.2) is 326 Å². The largest absolute Gasteiger partial charge is 0.469 e. The molecule has 35 heteroatoms. The first-order valence-corrected chi connectivity index (χ1v) is 23.9. The average Bonchev–Trinajstić information content (AvgIpc) is 3.34. The SMILES string of the molecule is C[C@@H]1OC(CO[C@H]2OC(CO[C@H]3OC(CO)[C@@H](O)[C@H](O)C3O[C@@H]3OC(COO)[C@@H](O)[C@H](O)C3O)[C@@H](O)[C@H](O)C2O)[C@@H](O)[C@H](O[C@H]2OC(CO)[C@@H](O)[C@H](O)C2O[C@H]2OC(COP(=O)(O)O)[C@@H](O)[C@H](O)C2O)C1O. The third kappa shape index (κ3) is 13.4. The molecule has 6 aliphatic heterocycles. The second kappa shape index (κ2) is 25.6. The molecule has 6 fully saturated rings. The first-order chi connectivity index (χ1) is 33.8. The Balaban J connectivity index is 1.13. The highest BCUT2D eigenvalue weighted by molar-refractivity contribution is 7.46. The van der Waals surface area contributed by atoms with Crippen molar-refractivity contribution in [3.05, 3.63) is 0 Å². The molecule has 20 N–H and O–H groups in total. The van der Waals surface area contributed by atoms with E-state index in [9.17, 15) is 91.4 Å². The molecule has 0 aromatic carbocycles. The third-order valence-corrected chi connectivity index (χ3v) is 13.4. The number of aliphatic hydroxyl groups is 17. The molecule has 0 amide bonds. The number of ether oxygens (including phenoxy) is 11. The number of hydrogen-bond acceptors (Lipinski definition) is 32. The molecule has 30 atom stereocenters. The summed E-state index contributed by atoms with van der Waals surface area (Å²) in [5.41, 5.74) is 0. The van der Waals surface area contributed by atoms with E-state index in [0.717, 1.165) is 0 Å². The lowest BCUT2D eigenvalue weighted by Crippen LogP contribution is -2.67. The second-order valence-corrected chi connectivity index (χ2v) is 19.1. The van der Waals surface area contributed by atoms with E-state index in [1.165, 1.54) is 6.92 Å². The van der Waals surface area contributed by atoms with Gasteiger partial charge in [-0.2, -0.15) is 0 Å². The first kappa shape index (κ1) is 60.1. The molecular formula is C37H65O34P. The van der Waals surface area contributed by atoms with Gasteiger partial charge in [-0.3, -0.25) is 9.78 Å². The Bertz CT molecular complexity index is 1710. The molecule has 0 aromatic heterocycles. The molecule has 0 saturated carbocycles. The maximum absolute atomic E-state index is 11.5. The molecule has 0 aliphatic carbocycles. The van der Waals surface area contributed by atoms with Gasteiger partial charge in [0.15, 0.2) is 31.5 Å². The number of hydrogen-bond donors (Lipinski definition) is 20. The molecule has 0 spiro atoms. The zero-order valence-electron chi connectivity index (χ0n) is 37.7. The smallest absolute Gasteiger partial charge is 0.394 e. The van der Waals surface area contributed by atoms with Crippen LogP contribution >= 0.6 is 7.82 Å². The van der Waals surface area contributed by atoms with Crippen LogP contribution < -0.4 is 0 Å². The average molecular weight is 1080 g/mol. The summed E-state index contributed by atoms with van der Waals surface area (Å²) < 4.78 is 77.5. The van der Waals surface area contributed by atoms with E-state index in [2.05, 4.69) is 9.41 Å². The van der Waals surface area contributed by atoms with Crippen LogP contribution in [0.15, 0.2) is 0 Å². The Morgan fingerprint density at radius 3 is 1.21 bits per heavy atom. The number of aliphatic hydroxyl groups excluding tert-OH is 17. The van der Waals surface area contributed by atoms with Crippen molar-refractivity contribution in [2.24, 2.45) is 0 Å². The molecule has 6 saturated heterocycles. The normalized spacial score (nSPS) is 50.7. The van der Waals surface area contributed by atoms with Crippen molar-refractivity contribution >= 4 is 7.82 Å². The van der Waals surface area contributed by atoms with E-state index in [4.69, 9.17) is 67.1 Å². The molecule has 6 aliphatic rings. The highest BCUT2D eigenvalue weighted by atomic mass is 31.2. The highest BCUT2D eigenvalue weighted by Crippen LogP contribution is 2.39. The van der Waals surface area contributed by atoms with Crippen molar-refractivity contribution < 1.29 is 168 Å². The number of rotatable bonds is 19. The molecule has 12 unspecified atom stereocenters. The molecule has 72 heavy (non-hydrogen) atoms. The number of phosphoric acid groups is 1. The summed E-state index contributed by atoms with van der Waals surface area (Å²) in [6, 6.07) is 0. The molecule has 6 heterocycles. The van der Waals surface area contributed by atoms with E-state index in [0.29, 0.717) is 0 Å². The fraction of sp³-hybridized carbons (Fsp3) is 1.00. The van der Waals surface area contributed by atoms with Crippen molar-refractivity contribution in [3.63, 3.8) is 0 Å². The van der Waals surface area contributed by atoms with E-state index in [-0.39, 0.29) is 0 Å². The Kier molecular flexibility index (Phi) is 21.4. The standard InChI is InChI=1S/C37H65O34P/c1-8-15(40)30(69-37-32(26(51)17(42)10(3-39)65-37)71-35-29(54)24(49)20(45)14(68-35)7-62-72(56,57)58)21(46)12(63-8)5-59-33-27(52)22(47)18(43)11(66-33)4-60-36-31(25(50)16(41)9(2-38)64-36)70-34-28(53)23(48)19(44)13(67-34)6-61-55/h8-55H,2-7H2,1H3,(H2,56,57,58)/t8-,9?,10?,11?,12?,13?,14?,15?,16+,17+,18+,19+,20+,21+,22-,23-,24-,25-,26-,27?,28?,29?,30+,31?,32?,33-,34-,35+,36-,37+/m0/s1. The summed E-state index contributed by atoms with van der Waals surface area (Å²) in [4.78, 5) is 22.2. The van der Waals surface area contributed by atoms with Crippen molar-refractivity contribution in [2.75, 3.05) is 39.6 Å². The quantitative estimate of drug-likeness (QED) is 0.0324. The lowest BCUT2D eigenvalue weighted by Gasteiger charge is -2.48. The van der Waals surface area contributed by atoms with Crippen LogP contribution in [0.2, 0.25) is 0 Å². The van der Waals surface area contributed by atoms with Gasteiger partial charge in [-0.25, -0.2) is 9.45 Å². The highest BCUT2D eigenvalue weighted by Gasteiger charge is 2.56.